The van der Waals surface area contributed by atoms with E-state index in [-0.39, 0.29) is 16.1 Å². The molecule has 1 saturated heterocycles. The second-order valence-corrected chi connectivity index (χ2v) is 5.98. The zero-order valence-electron chi connectivity index (χ0n) is 12.2. The number of hydrazine groups is 1. The Bertz CT molecular complexity index is 673. The second kappa shape index (κ2) is 6.80. The fourth-order valence-electron chi connectivity index (χ4n) is 1.82. The molecule has 1 N–H and O–H groups in total. The van der Waals surface area contributed by atoms with Gasteiger partial charge in [-0.05, 0) is 36.0 Å². The highest BCUT2D eigenvalue weighted by atomic mass is 32.2. The number of hydrogen-bond acceptors (Lipinski definition) is 6. The normalized spacial score (nSPS) is 16.1. The number of thioether (sulfide) groups is 1. The van der Waals surface area contributed by atoms with Crippen LogP contribution in [0.5, 0.6) is 11.5 Å². The van der Waals surface area contributed by atoms with Gasteiger partial charge in [-0.25, -0.2) is 0 Å². The van der Waals surface area contributed by atoms with Crippen molar-refractivity contribution in [3.05, 3.63) is 28.7 Å². The maximum Gasteiger partial charge on any atom is 0.285 e. The van der Waals surface area contributed by atoms with Crippen molar-refractivity contribution in [1.82, 2.24) is 10.4 Å². The third-order valence-corrected chi connectivity index (χ3v) is 4.07. The number of benzene rings is 1. The van der Waals surface area contributed by atoms with Gasteiger partial charge in [0.05, 0.1) is 19.1 Å². The summed E-state index contributed by atoms with van der Waals surface area (Å²) in [7, 11) is 3.09. The number of nitrogens with one attached hydrogen (secondary N) is 1. The van der Waals surface area contributed by atoms with E-state index in [1.165, 1.54) is 14.0 Å². The summed E-state index contributed by atoms with van der Waals surface area (Å²) in [5, 5.41) is 1.06. The Kier molecular flexibility index (Phi) is 5.04. The van der Waals surface area contributed by atoms with E-state index in [4.69, 9.17) is 21.7 Å². The molecule has 0 saturated carbocycles. The van der Waals surface area contributed by atoms with Gasteiger partial charge in [0.15, 0.2) is 15.8 Å². The molecule has 1 aromatic carbocycles. The molecule has 22 heavy (non-hydrogen) atoms. The number of methoxy groups -OCH3 is 2. The van der Waals surface area contributed by atoms with Crippen molar-refractivity contribution in [2.45, 2.75) is 6.92 Å². The van der Waals surface area contributed by atoms with E-state index in [1.54, 1.807) is 31.4 Å². The van der Waals surface area contributed by atoms with Crippen molar-refractivity contribution >= 4 is 46.2 Å². The SMILES string of the molecule is COc1ccc(/C=C2\SC(=S)N(NC(C)=O)C2=O)cc1OC. The Morgan fingerprint density at radius 2 is 2.00 bits per heavy atom. The summed E-state index contributed by atoms with van der Waals surface area (Å²) in [4.78, 5) is 23.7. The molecule has 0 radical (unpaired) electrons. The minimum Gasteiger partial charge on any atom is -0.493 e. The molecule has 0 bridgehead atoms. The van der Waals surface area contributed by atoms with Gasteiger partial charge >= 0.3 is 0 Å². The van der Waals surface area contributed by atoms with Crippen LogP contribution in [0.4, 0.5) is 0 Å². The van der Waals surface area contributed by atoms with E-state index < -0.39 is 0 Å². The zero-order valence-corrected chi connectivity index (χ0v) is 13.8. The molecule has 2 amide bonds. The molecule has 1 fully saturated rings. The Morgan fingerprint density at radius 1 is 1.32 bits per heavy atom. The van der Waals surface area contributed by atoms with Crippen LogP contribution in [-0.2, 0) is 9.59 Å². The van der Waals surface area contributed by atoms with E-state index in [1.807, 2.05) is 0 Å². The molecule has 0 atom stereocenters. The van der Waals surface area contributed by atoms with Crippen LogP contribution < -0.4 is 14.9 Å². The summed E-state index contributed by atoms with van der Waals surface area (Å²) >= 11 is 6.21. The number of thiocarbonyl (C=S) groups is 1. The first-order valence-electron chi connectivity index (χ1n) is 6.23. The molecular weight excluding hydrogens is 324 g/mol. The first kappa shape index (κ1) is 16.3. The maximum atomic E-state index is 12.2. The van der Waals surface area contributed by atoms with Crippen LogP contribution in [-0.4, -0.2) is 35.4 Å². The maximum absolute atomic E-state index is 12.2. The second-order valence-electron chi connectivity index (χ2n) is 4.30. The van der Waals surface area contributed by atoms with Gasteiger partial charge in [-0.15, -0.1) is 0 Å². The summed E-state index contributed by atoms with van der Waals surface area (Å²) in [6, 6.07) is 5.30. The lowest BCUT2D eigenvalue weighted by Gasteiger charge is -2.13. The first-order valence-corrected chi connectivity index (χ1v) is 7.46. The van der Waals surface area contributed by atoms with Crippen molar-refractivity contribution in [3.63, 3.8) is 0 Å². The molecular formula is C14H14N2O4S2. The molecule has 1 aliphatic rings. The minimum atomic E-state index is -0.361. The minimum absolute atomic E-state index is 0.284. The van der Waals surface area contributed by atoms with Gasteiger partial charge in [-0.1, -0.05) is 17.8 Å². The van der Waals surface area contributed by atoms with Gasteiger partial charge in [0.1, 0.15) is 0 Å². The zero-order chi connectivity index (χ0) is 16.3. The number of amides is 2. The highest BCUT2D eigenvalue weighted by molar-refractivity contribution is 8.26. The van der Waals surface area contributed by atoms with Crippen LogP contribution in [0.25, 0.3) is 6.08 Å². The number of ether oxygens (including phenoxy) is 2. The number of carbonyl (C=O) groups excluding carboxylic acids is 2. The van der Waals surface area contributed by atoms with Gasteiger partial charge in [-0.3, -0.25) is 15.0 Å². The lowest BCUT2D eigenvalue weighted by atomic mass is 10.2. The number of nitrogens with zero attached hydrogens (tertiary/aromatic N) is 1. The first-order chi connectivity index (χ1) is 10.5. The van der Waals surface area contributed by atoms with Gasteiger partial charge in [0, 0.05) is 6.92 Å². The average Bonchev–Trinajstić information content (AvgIpc) is 2.74. The van der Waals surface area contributed by atoms with Crippen molar-refractivity contribution in [3.8, 4) is 11.5 Å². The third kappa shape index (κ3) is 3.40. The van der Waals surface area contributed by atoms with E-state index >= 15 is 0 Å². The van der Waals surface area contributed by atoms with Crippen LogP contribution >= 0.6 is 24.0 Å². The van der Waals surface area contributed by atoms with Crippen LogP contribution in [0.3, 0.4) is 0 Å². The van der Waals surface area contributed by atoms with Gasteiger partial charge in [-0.2, -0.15) is 5.01 Å². The van der Waals surface area contributed by atoms with E-state index in [0.717, 1.165) is 22.3 Å². The highest BCUT2D eigenvalue weighted by Gasteiger charge is 2.33. The Labute approximate surface area is 137 Å². The lowest BCUT2D eigenvalue weighted by Crippen LogP contribution is -2.43. The molecule has 1 heterocycles. The topological polar surface area (TPSA) is 67.9 Å². The smallest absolute Gasteiger partial charge is 0.285 e. The lowest BCUT2D eigenvalue weighted by molar-refractivity contribution is -0.131. The van der Waals surface area contributed by atoms with Crippen molar-refractivity contribution in [2.75, 3.05) is 14.2 Å². The molecule has 1 aliphatic heterocycles. The molecule has 0 unspecified atom stereocenters. The summed E-state index contributed by atoms with van der Waals surface area (Å²) in [5.41, 5.74) is 3.16. The molecule has 0 aromatic heterocycles. The molecule has 2 rings (SSSR count). The largest absolute Gasteiger partial charge is 0.493 e. The van der Waals surface area contributed by atoms with E-state index in [9.17, 15) is 9.59 Å². The average molecular weight is 338 g/mol. The van der Waals surface area contributed by atoms with Crippen molar-refractivity contribution < 1.29 is 19.1 Å². The van der Waals surface area contributed by atoms with Gasteiger partial charge in [0.25, 0.3) is 5.91 Å². The van der Waals surface area contributed by atoms with E-state index in [0.29, 0.717) is 16.4 Å². The van der Waals surface area contributed by atoms with Gasteiger partial charge < -0.3 is 9.47 Å². The van der Waals surface area contributed by atoms with Crippen LogP contribution in [0.1, 0.15) is 12.5 Å². The Balaban J connectivity index is 2.28. The third-order valence-electron chi connectivity index (χ3n) is 2.77. The van der Waals surface area contributed by atoms with Crippen LogP contribution in [0, 0.1) is 0 Å². The fraction of sp³-hybridized carbons (Fsp3) is 0.214. The molecule has 1 aromatic rings. The number of rotatable bonds is 4. The van der Waals surface area contributed by atoms with Crippen molar-refractivity contribution in [1.29, 1.82) is 0 Å². The Hall–Kier alpha value is -2.06. The predicted octanol–water partition coefficient (Wildman–Crippen LogP) is 1.96. The molecule has 0 aliphatic carbocycles. The molecule has 0 spiro atoms. The number of hydrogen-bond donors (Lipinski definition) is 1. The Morgan fingerprint density at radius 3 is 2.59 bits per heavy atom. The monoisotopic (exact) mass is 338 g/mol. The quantitative estimate of drug-likeness (QED) is 0.669. The van der Waals surface area contributed by atoms with Crippen molar-refractivity contribution in [2.24, 2.45) is 0 Å². The molecule has 8 heteroatoms. The van der Waals surface area contributed by atoms with E-state index in [2.05, 4.69) is 5.43 Å². The van der Waals surface area contributed by atoms with Crippen LogP contribution in [0.2, 0.25) is 0 Å². The molecule has 116 valence electrons. The van der Waals surface area contributed by atoms with Crippen LogP contribution in [0.15, 0.2) is 23.1 Å². The highest BCUT2D eigenvalue weighted by Crippen LogP contribution is 2.33. The summed E-state index contributed by atoms with van der Waals surface area (Å²) in [6.07, 6.45) is 1.68. The summed E-state index contributed by atoms with van der Waals surface area (Å²) in [5.74, 6) is 0.447. The number of carbonyl (C=O) groups is 2. The molecule has 6 nitrogen and oxygen atoms in total. The fourth-order valence-corrected chi connectivity index (χ4v) is 2.99. The predicted molar refractivity (Wildman–Crippen MR) is 88.4 cm³/mol. The summed E-state index contributed by atoms with van der Waals surface area (Å²) in [6.45, 7) is 1.32. The summed E-state index contributed by atoms with van der Waals surface area (Å²) < 4.78 is 10.7. The standard InChI is InChI=1S/C14H14N2O4S2/c1-8(17)15-16-13(18)12(22-14(16)21)7-9-4-5-10(19-2)11(6-9)20-3/h4-7H,1-3H3,(H,15,17)/b12-7-. The van der Waals surface area contributed by atoms with Gasteiger partial charge in [0.2, 0.25) is 5.91 Å².